The second-order valence-electron chi connectivity index (χ2n) is 9.94. The number of ether oxygens (including phenoxy) is 2. The molecule has 2 aliphatic heterocycles. The number of nitrogens with one attached hydrogen (secondary N) is 2. The van der Waals surface area contributed by atoms with Crippen molar-refractivity contribution in [1.82, 2.24) is 14.9 Å². The summed E-state index contributed by atoms with van der Waals surface area (Å²) in [5, 5.41) is 7.27. The van der Waals surface area contributed by atoms with E-state index in [2.05, 4.69) is 32.5 Å². The van der Waals surface area contributed by atoms with Crippen LogP contribution >= 0.6 is 11.6 Å². The van der Waals surface area contributed by atoms with E-state index < -0.39 is 0 Å². The van der Waals surface area contributed by atoms with E-state index >= 15 is 0 Å². The Balaban J connectivity index is 1.22. The minimum absolute atomic E-state index is 0.259. The first-order valence-corrected chi connectivity index (χ1v) is 13.2. The Hall–Kier alpha value is -2.00. The molecular formula is C26H35ClFN5O2. The van der Waals surface area contributed by atoms with Crippen molar-refractivity contribution in [3.8, 4) is 11.3 Å². The number of hydrogen-bond donors (Lipinski definition) is 2. The van der Waals surface area contributed by atoms with Gasteiger partial charge in [0.05, 0.1) is 17.3 Å². The number of aromatic nitrogens is 2. The molecule has 3 aliphatic rings. The minimum atomic E-state index is -0.363. The molecular weight excluding hydrogens is 469 g/mol. The molecule has 1 saturated carbocycles. The molecule has 2 aromatic rings. The van der Waals surface area contributed by atoms with Gasteiger partial charge >= 0.3 is 0 Å². The molecule has 9 heteroatoms. The molecule has 0 spiro atoms. The molecule has 35 heavy (non-hydrogen) atoms. The third kappa shape index (κ3) is 6.05. The lowest BCUT2D eigenvalue weighted by molar-refractivity contribution is -0.151. The Morgan fingerprint density at radius 3 is 2.57 bits per heavy atom. The third-order valence-electron chi connectivity index (χ3n) is 7.63. The van der Waals surface area contributed by atoms with E-state index in [0.29, 0.717) is 41.5 Å². The smallest absolute Gasteiger partial charge is 0.165 e. The highest BCUT2D eigenvalue weighted by Gasteiger charge is 2.31. The fourth-order valence-corrected chi connectivity index (χ4v) is 5.44. The van der Waals surface area contributed by atoms with Crippen LogP contribution in [0.3, 0.4) is 0 Å². The van der Waals surface area contributed by atoms with Crippen LogP contribution < -0.4 is 10.6 Å². The number of hydrogen-bond acceptors (Lipinski definition) is 7. The maximum atomic E-state index is 14.5. The zero-order valence-corrected chi connectivity index (χ0v) is 21.1. The molecule has 190 valence electrons. The summed E-state index contributed by atoms with van der Waals surface area (Å²) >= 11 is 6.49. The molecule has 1 unspecified atom stereocenters. The van der Waals surface area contributed by atoms with Crippen molar-refractivity contribution < 1.29 is 13.9 Å². The normalized spacial score (nSPS) is 25.3. The number of nitrogens with zero attached hydrogens (tertiary/aromatic N) is 3. The van der Waals surface area contributed by atoms with E-state index in [0.717, 1.165) is 76.1 Å². The quantitative estimate of drug-likeness (QED) is 0.514. The van der Waals surface area contributed by atoms with Crippen LogP contribution in [-0.2, 0) is 9.47 Å². The van der Waals surface area contributed by atoms with Gasteiger partial charge in [-0.25, -0.2) is 14.4 Å². The Morgan fingerprint density at radius 1 is 1.09 bits per heavy atom. The molecule has 4 heterocycles. The van der Waals surface area contributed by atoms with Gasteiger partial charge in [0.1, 0.15) is 12.0 Å². The second kappa shape index (κ2) is 11.4. The molecule has 0 aromatic carbocycles. The summed E-state index contributed by atoms with van der Waals surface area (Å²) in [6.07, 6.45) is 9.46. The Morgan fingerprint density at radius 2 is 1.86 bits per heavy atom. The zero-order valence-electron chi connectivity index (χ0n) is 20.3. The van der Waals surface area contributed by atoms with E-state index in [-0.39, 0.29) is 11.6 Å². The maximum Gasteiger partial charge on any atom is 0.165 e. The first-order chi connectivity index (χ1) is 17.1. The highest BCUT2D eigenvalue weighted by atomic mass is 35.5. The van der Waals surface area contributed by atoms with Gasteiger partial charge in [-0.15, -0.1) is 0 Å². The van der Waals surface area contributed by atoms with Crippen molar-refractivity contribution in [2.45, 2.75) is 63.3 Å². The molecule has 0 radical (unpaired) electrons. The number of anilines is 2. The fraction of sp³-hybridized carbons (Fsp3) is 0.615. The van der Waals surface area contributed by atoms with Crippen LogP contribution in [0.4, 0.5) is 16.0 Å². The third-order valence-corrected chi connectivity index (χ3v) is 7.93. The molecule has 1 aliphatic carbocycles. The summed E-state index contributed by atoms with van der Waals surface area (Å²) in [4.78, 5) is 11.5. The predicted octanol–water partition coefficient (Wildman–Crippen LogP) is 5.18. The van der Waals surface area contributed by atoms with Crippen molar-refractivity contribution >= 4 is 23.2 Å². The van der Waals surface area contributed by atoms with Crippen LogP contribution in [0.15, 0.2) is 24.4 Å². The number of pyridine rings is 2. The molecule has 2 N–H and O–H groups in total. The highest BCUT2D eigenvalue weighted by Crippen LogP contribution is 2.32. The lowest BCUT2D eigenvalue weighted by Gasteiger charge is -2.42. The summed E-state index contributed by atoms with van der Waals surface area (Å²) in [6.45, 7) is 3.08. The molecule has 1 atom stereocenters. The molecule has 3 fully saturated rings. The molecule has 7 nitrogen and oxygen atoms in total. The zero-order chi connectivity index (χ0) is 24.2. The van der Waals surface area contributed by atoms with Crippen LogP contribution in [0.1, 0.15) is 44.9 Å². The van der Waals surface area contributed by atoms with Crippen LogP contribution in [0.25, 0.3) is 11.3 Å². The van der Waals surface area contributed by atoms with Gasteiger partial charge in [0, 0.05) is 50.0 Å². The lowest BCUT2D eigenvalue weighted by Crippen LogP contribution is -2.49. The average Bonchev–Trinajstić information content (AvgIpc) is 2.85. The van der Waals surface area contributed by atoms with Crippen molar-refractivity contribution in [1.29, 1.82) is 0 Å². The summed E-state index contributed by atoms with van der Waals surface area (Å²) in [5.74, 6) is 1.13. The predicted molar refractivity (Wildman–Crippen MR) is 136 cm³/mol. The summed E-state index contributed by atoms with van der Waals surface area (Å²) in [5.41, 5.74) is 1.37. The molecule has 5 rings (SSSR count). The van der Waals surface area contributed by atoms with Gasteiger partial charge in [0.25, 0.3) is 0 Å². The van der Waals surface area contributed by atoms with E-state index in [1.807, 2.05) is 6.07 Å². The molecule has 0 bridgehead atoms. The molecule has 2 saturated heterocycles. The largest absolute Gasteiger partial charge is 0.381 e. The maximum absolute atomic E-state index is 14.5. The van der Waals surface area contributed by atoms with Crippen LogP contribution in [0.5, 0.6) is 0 Å². The standard InChI is InChI=1S/C26H35ClFN5O2/c1-33(25-10-13-35-25)19-4-2-18(3-5-19)31-24-14-20(21(27)16-29-24)23-7-6-22(28)26(32-23)30-15-17-8-11-34-12-9-17/h6-7,14,16-19,25H,2-5,8-13,15H2,1H3,(H,29,31)(H,30,32)/t18-,19-,25?. The van der Waals surface area contributed by atoms with Gasteiger partial charge in [0.2, 0.25) is 0 Å². The highest BCUT2D eigenvalue weighted by molar-refractivity contribution is 6.33. The first-order valence-electron chi connectivity index (χ1n) is 12.8. The van der Waals surface area contributed by atoms with Crippen molar-refractivity contribution in [3.05, 3.63) is 35.2 Å². The lowest BCUT2D eigenvalue weighted by atomic mass is 9.90. The second-order valence-corrected chi connectivity index (χ2v) is 10.3. The van der Waals surface area contributed by atoms with Crippen molar-refractivity contribution in [2.75, 3.05) is 44.0 Å². The molecule has 2 aromatic heterocycles. The topological polar surface area (TPSA) is 71.5 Å². The Bertz CT molecular complexity index is 994. The van der Waals surface area contributed by atoms with E-state index in [1.165, 1.54) is 6.07 Å². The van der Waals surface area contributed by atoms with Crippen molar-refractivity contribution in [3.63, 3.8) is 0 Å². The molecule has 0 amide bonds. The number of halogens is 2. The van der Waals surface area contributed by atoms with Crippen molar-refractivity contribution in [2.24, 2.45) is 5.92 Å². The number of rotatable bonds is 8. The van der Waals surface area contributed by atoms with Gasteiger partial charge in [0.15, 0.2) is 11.6 Å². The summed E-state index contributed by atoms with van der Waals surface area (Å²) < 4.78 is 25.5. The SMILES string of the molecule is CN(C1CCO1)[C@H]1CC[C@H](Nc2cc(-c3ccc(F)c(NCC4CCOCC4)n3)c(Cl)cn2)CC1. The van der Waals surface area contributed by atoms with Gasteiger partial charge in [-0.1, -0.05) is 11.6 Å². The van der Waals surface area contributed by atoms with E-state index in [4.69, 9.17) is 21.1 Å². The van der Waals surface area contributed by atoms with Crippen LogP contribution in [0.2, 0.25) is 5.02 Å². The monoisotopic (exact) mass is 503 g/mol. The van der Waals surface area contributed by atoms with Crippen LogP contribution in [0, 0.1) is 11.7 Å². The Labute approximate surface area is 211 Å². The van der Waals surface area contributed by atoms with Crippen LogP contribution in [-0.4, -0.2) is 66.6 Å². The summed E-state index contributed by atoms with van der Waals surface area (Å²) in [6, 6.07) is 5.97. The van der Waals surface area contributed by atoms with E-state index in [9.17, 15) is 4.39 Å². The van der Waals surface area contributed by atoms with Gasteiger partial charge in [-0.3, -0.25) is 4.90 Å². The van der Waals surface area contributed by atoms with E-state index in [1.54, 1.807) is 12.3 Å². The van der Waals surface area contributed by atoms with Gasteiger partial charge < -0.3 is 20.1 Å². The fourth-order valence-electron chi connectivity index (χ4n) is 5.24. The first kappa shape index (κ1) is 24.7. The average molecular weight is 504 g/mol. The van der Waals surface area contributed by atoms with Gasteiger partial charge in [-0.05, 0) is 69.7 Å². The summed E-state index contributed by atoms with van der Waals surface area (Å²) in [7, 11) is 2.18. The Kier molecular flexibility index (Phi) is 8.02. The minimum Gasteiger partial charge on any atom is -0.381 e. The van der Waals surface area contributed by atoms with Gasteiger partial charge in [-0.2, -0.15) is 0 Å².